The van der Waals surface area contributed by atoms with Crippen LogP contribution in [0.25, 0.3) is 0 Å². The molecule has 0 saturated carbocycles. The molecule has 2 heterocycles. The average Bonchev–Trinajstić information content (AvgIpc) is 2.77. The minimum atomic E-state index is -3.30. The predicted octanol–water partition coefficient (Wildman–Crippen LogP) is 1.37. The van der Waals surface area contributed by atoms with Crippen molar-refractivity contribution in [2.45, 2.75) is 43.2 Å². The fraction of sp³-hybridized carbons (Fsp3) is 0.562. The summed E-state index contributed by atoms with van der Waals surface area (Å²) < 4.78 is 23.4. The number of carbonyl (C=O) groups excluding carboxylic acids is 1. The van der Waals surface area contributed by atoms with Crippen molar-refractivity contribution in [2.75, 3.05) is 19.3 Å². The molecule has 120 valence electrons. The first kappa shape index (κ1) is 15.5. The number of rotatable bonds is 2. The lowest BCUT2D eigenvalue weighted by molar-refractivity contribution is 0.0747. The molecule has 2 atom stereocenters. The summed E-state index contributed by atoms with van der Waals surface area (Å²) in [6, 6.07) is 5.68. The number of fused-ring (bicyclic) bond motifs is 2. The highest BCUT2D eigenvalue weighted by atomic mass is 32.2. The first-order chi connectivity index (χ1) is 10.3. The van der Waals surface area contributed by atoms with Gasteiger partial charge in [-0.15, -0.1) is 0 Å². The van der Waals surface area contributed by atoms with Gasteiger partial charge >= 0.3 is 0 Å². The van der Waals surface area contributed by atoms with Crippen molar-refractivity contribution in [2.24, 2.45) is 0 Å². The van der Waals surface area contributed by atoms with Crippen LogP contribution in [0.2, 0.25) is 0 Å². The van der Waals surface area contributed by atoms with Crippen LogP contribution in [0.3, 0.4) is 0 Å². The summed E-state index contributed by atoms with van der Waals surface area (Å²) >= 11 is 0. The van der Waals surface area contributed by atoms with Gasteiger partial charge in [0, 0.05) is 37.0 Å². The smallest absolute Gasteiger partial charge is 0.254 e. The second-order valence-corrected chi connectivity index (χ2v) is 8.44. The van der Waals surface area contributed by atoms with Crippen molar-refractivity contribution in [3.8, 4) is 0 Å². The minimum Gasteiger partial charge on any atom is -0.337 e. The Balaban J connectivity index is 1.88. The number of benzene rings is 1. The van der Waals surface area contributed by atoms with Crippen LogP contribution in [-0.2, 0) is 9.84 Å². The zero-order valence-corrected chi connectivity index (χ0v) is 13.8. The molecule has 2 aliphatic heterocycles. The molecule has 1 aromatic rings. The van der Waals surface area contributed by atoms with E-state index in [1.807, 2.05) is 11.8 Å². The molecule has 2 saturated heterocycles. The van der Waals surface area contributed by atoms with E-state index in [1.165, 1.54) is 18.7 Å². The number of nitrogens with zero attached hydrogens (tertiary/aromatic N) is 1. The number of hydrogen-bond donors (Lipinski definition) is 1. The number of hydrogen-bond acceptors (Lipinski definition) is 4. The Hall–Kier alpha value is -1.40. The van der Waals surface area contributed by atoms with Crippen molar-refractivity contribution in [3.05, 3.63) is 29.3 Å². The first-order valence-electron chi connectivity index (χ1n) is 7.70. The van der Waals surface area contributed by atoms with Crippen molar-refractivity contribution in [1.82, 2.24) is 10.2 Å². The molecule has 2 unspecified atom stereocenters. The fourth-order valence-corrected chi connectivity index (χ4v) is 4.01. The van der Waals surface area contributed by atoms with Crippen LogP contribution < -0.4 is 5.32 Å². The van der Waals surface area contributed by atoms with Crippen molar-refractivity contribution >= 4 is 15.7 Å². The topological polar surface area (TPSA) is 66.5 Å². The Morgan fingerprint density at radius 3 is 2.68 bits per heavy atom. The lowest BCUT2D eigenvalue weighted by Gasteiger charge is -2.25. The molecule has 22 heavy (non-hydrogen) atoms. The van der Waals surface area contributed by atoms with Gasteiger partial charge in [0.2, 0.25) is 0 Å². The third kappa shape index (κ3) is 3.03. The van der Waals surface area contributed by atoms with E-state index in [0.29, 0.717) is 24.2 Å². The van der Waals surface area contributed by atoms with Gasteiger partial charge < -0.3 is 10.2 Å². The van der Waals surface area contributed by atoms with Gasteiger partial charge in [0.15, 0.2) is 9.84 Å². The van der Waals surface area contributed by atoms with E-state index in [9.17, 15) is 13.2 Å². The van der Waals surface area contributed by atoms with Crippen LogP contribution in [0.4, 0.5) is 0 Å². The second kappa shape index (κ2) is 5.66. The number of nitrogens with one attached hydrogen (secondary N) is 1. The molecule has 2 fully saturated rings. The number of carbonyl (C=O) groups is 1. The van der Waals surface area contributed by atoms with Gasteiger partial charge in [-0.1, -0.05) is 6.07 Å². The molecule has 3 rings (SSSR count). The van der Waals surface area contributed by atoms with Crippen LogP contribution in [0.5, 0.6) is 0 Å². The van der Waals surface area contributed by atoms with Gasteiger partial charge in [-0.25, -0.2) is 8.42 Å². The normalized spacial score (nSPS) is 25.1. The van der Waals surface area contributed by atoms with E-state index >= 15 is 0 Å². The number of aryl methyl sites for hydroxylation is 1. The maximum absolute atomic E-state index is 12.8. The fourth-order valence-electron chi connectivity index (χ4n) is 3.36. The lowest BCUT2D eigenvalue weighted by atomic mass is 10.0. The van der Waals surface area contributed by atoms with Crippen LogP contribution in [0.15, 0.2) is 23.1 Å². The van der Waals surface area contributed by atoms with Gasteiger partial charge in [-0.05, 0) is 43.9 Å². The Labute approximate surface area is 131 Å². The summed E-state index contributed by atoms with van der Waals surface area (Å²) in [7, 11) is -3.30. The molecule has 0 spiro atoms. The summed E-state index contributed by atoms with van der Waals surface area (Å²) in [6.07, 6.45) is 4.43. The van der Waals surface area contributed by atoms with E-state index in [2.05, 4.69) is 5.32 Å². The Morgan fingerprint density at radius 2 is 1.95 bits per heavy atom. The summed E-state index contributed by atoms with van der Waals surface area (Å²) in [4.78, 5) is 14.9. The van der Waals surface area contributed by atoms with Crippen LogP contribution in [0.1, 0.15) is 35.2 Å². The van der Waals surface area contributed by atoms with E-state index < -0.39 is 9.84 Å². The van der Waals surface area contributed by atoms with Crippen LogP contribution >= 0.6 is 0 Å². The van der Waals surface area contributed by atoms with Gasteiger partial charge in [0.05, 0.1) is 4.90 Å². The summed E-state index contributed by atoms with van der Waals surface area (Å²) in [5, 5.41) is 3.55. The number of amides is 1. The molecule has 2 bridgehead atoms. The molecule has 1 aromatic carbocycles. The average molecular weight is 322 g/mol. The monoisotopic (exact) mass is 322 g/mol. The van der Waals surface area contributed by atoms with E-state index in [-0.39, 0.29) is 10.8 Å². The maximum atomic E-state index is 12.8. The SMILES string of the molecule is Cc1ccc(S(C)(=O)=O)cc1C(=O)N1CCC2CCC(C1)N2. The molecule has 1 amide bonds. The summed E-state index contributed by atoms with van der Waals surface area (Å²) in [5.74, 6) is -0.0580. The molecular formula is C16H22N2O3S. The molecule has 0 aliphatic carbocycles. The second-order valence-electron chi connectivity index (χ2n) is 6.43. The van der Waals surface area contributed by atoms with Crippen molar-refractivity contribution in [3.63, 3.8) is 0 Å². The van der Waals surface area contributed by atoms with Gasteiger partial charge in [0.1, 0.15) is 0 Å². The molecule has 2 aliphatic rings. The highest BCUT2D eigenvalue weighted by Gasteiger charge is 2.32. The van der Waals surface area contributed by atoms with Crippen molar-refractivity contribution < 1.29 is 13.2 Å². The van der Waals surface area contributed by atoms with Crippen molar-refractivity contribution in [1.29, 1.82) is 0 Å². The first-order valence-corrected chi connectivity index (χ1v) is 9.60. The molecule has 6 heteroatoms. The molecule has 1 N–H and O–H groups in total. The third-order valence-electron chi connectivity index (χ3n) is 4.68. The number of likely N-dealkylation sites (tertiary alicyclic amines) is 1. The highest BCUT2D eigenvalue weighted by molar-refractivity contribution is 7.90. The Bertz CT molecular complexity index is 699. The predicted molar refractivity (Wildman–Crippen MR) is 84.8 cm³/mol. The molecule has 0 radical (unpaired) electrons. The largest absolute Gasteiger partial charge is 0.337 e. The minimum absolute atomic E-state index is 0.0580. The van der Waals surface area contributed by atoms with Gasteiger partial charge in [-0.2, -0.15) is 0 Å². The summed E-state index contributed by atoms with van der Waals surface area (Å²) in [6.45, 7) is 3.29. The number of sulfone groups is 1. The zero-order valence-electron chi connectivity index (χ0n) is 13.0. The quantitative estimate of drug-likeness (QED) is 0.893. The van der Waals surface area contributed by atoms with E-state index in [1.54, 1.807) is 12.1 Å². The highest BCUT2D eigenvalue weighted by Crippen LogP contribution is 2.23. The Morgan fingerprint density at radius 1 is 1.23 bits per heavy atom. The summed E-state index contributed by atoms with van der Waals surface area (Å²) in [5.41, 5.74) is 1.32. The molecule has 5 nitrogen and oxygen atoms in total. The van der Waals surface area contributed by atoms with Gasteiger partial charge in [-0.3, -0.25) is 4.79 Å². The third-order valence-corrected chi connectivity index (χ3v) is 5.79. The van der Waals surface area contributed by atoms with E-state index in [0.717, 1.165) is 24.9 Å². The van der Waals surface area contributed by atoms with Gasteiger partial charge in [0.25, 0.3) is 5.91 Å². The zero-order chi connectivity index (χ0) is 15.9. The van der Waals surface area contributed by atoms with Crippen LogP contribution in [-0.4, -0.2) is 50.7 Å². The maximum Gasteiger partial charge on any atom is 0.254 e. The Kier molecular flexibility index (Phi) is 3.99. The van der Waals surface area contributed by atoms with Crippen LogP contribution in [0, 0.1) is 6.92 Å². The standard InChI is InChI=1S/C16H22N2O3S/c1-11-3-6-14(22(2,20)21)9-15(11)16(19)18-8-7-12-4-5-13(10-18)17-12/h3,6,9,12-13,17H,4-5,7-8,10H2,1-2H3. The molecule has 0 aromatic heterocycles. The van der Waals surface area contributed by atoms with E-state index in [4.69, 9.17) is 0 Å². The lowest BCUT2D eigenvalue weighted by Crippen LogP contribution is -2.39. The molecular weight excluding hydrogens is 300 g/mol.